The van der Waals surface area contributed by atoms with Crippen LogP contribution >= 0.6 is 23.2 Å². The van der Waals surface area contributed by atoms with Crippen LogP contribution in [-0.4, -0.2) is 46.1 Å². The Kier molecular flexibility index (Phi) is 9.35. The average Bonchev–Trinajstić information content (AvgIpc) is 3.79. The molecule has 9 rings (SSSR count). The second kappa shape index (κ2) is 14.7. The number of nitrogens with zero attached hydrogens (tertiary/aromatic N) is 6. The van der Waals surface area contributed by atoms with E-state index in [4.69, 9.17) is 33.7 Å². The highest BCUT2D eigenvalue weighted by Gasteiger charge is 2.22. The summed E-state index contributed by atoms with van der Waals surface area (Å²) in [6.07, 6.45) is 6.88. The number of halogens is 2. The van der Waals surface area contributed by atoms with E-state index in [0.29, 0.717) is 49.5 Å². The predicted octanol–water partition coefficient (Wildman–Crippen LogP) is 7.60. The van der Waals surface area contributed by atoms with Crippen LogP contribution in [-0.2, 0) is 27.2 Å². The van der Waals surface area contributed by atoms with Gasteiger partial charge in [0.2, 0.25) is 0 Å². The third-order valence-electron chi connectivity index (χ3n) is 10.6. The molecule has 1 aliphatic rings. The van der Waals surface area contributed by atoms with Crippen molar-refractivity contribution < 1.29 is 4.74 Å². The van der Waals surface area contributed by atoms with Crippen molar-refractivity contribution in [3.05, 3.63) is 127 Å². The lowest BCUT2D eigenvalue weighted by Gasteiger charge is -2.27. The van der Waals surface area contributed by atoms with E-state index < -0.39 is 0 Å². The van der Waals surface area contributed by atoms with Gasteiger partial charge in [0, 0.05) is 65.4 Å². The summed E-state index contributed by atoms with van der Waals surface area (Å²) in [5.41, 5.74) is 14.4. The van der Waals surface area contributed by atoms with E-state index in [-0.39, 0.29) is 23.8 Å². The minimum Gasteiger partial charge on any atom is -0.490 e. The van der Waals surface area contributed by atoms with E-state index in [1.807, 2.05) is 85.6 Å². The van der Waals surface area contributed by atoms with E-state index in [1.54, 1.807) is 23.0 Å². The normalized spacial score (nSPS) is 13.0. The Morgan fingerprint density at radius 1 is 0.719 bits per heavy atom. The monoisotopic (exact) mass is 798 g/mol. The summed E-state index contributed by atoms with van der Waals surface area (Å²) in [6.45, 7) is 0.471. The molecule has 15 heteroatoms. The minimum absolute atomic E-state index is 0.143. The van der Waals surface area contributed by atoms with Crippen LogP contribution in [0.3, 0.4) is 0 Å². The molecule has 0 spiro atoms. The fraction of sp³-hybridized carbons (Fsp3) is 0.190. The van der Waals surface area contributed by atoms with Crippen LogP contribution in [0.25, 0.3) is 66.3 Å². The topological polar surface area (TPSA) is 174 Å². The molecule has 8 aromatic rings. The molecule has 1 saturated carbocycles. The number of anilines is 1. The number of H-pyrrole nitrogens is 2. The third kappa shape index (κ3) is 6.73. The number of benzene rings is 4. The smallest absolute Gasteiger partial charge is 0.272 e. The molecular weight excluding hydrogens is 763 g/mol. The molecule has 13 nitrogen and oxygen atoms in total. The predicted molar refractivity (Wildman–Crippen MR) is 224 cm³/mol. The maximum absolute atomic E-state index is 13.0. The van der Waals surface area contributed by atoms with Gasteiger partial charge in [0.05, 0.1) is 68.6 Å². The molecule has 4 aromatic carbocycles. The Morgan fingerprint density at radius 3 is 1.91 bits per heavy atom. The zero-order valence-corrected chi connectivity index (χ0v) is 32.4. The summed E-state index contributed by atoms with van der Waals surface area (Å²) in [5, 5.41) is 30.0. The fourth-order valence-electron chi connectivity index (χ4n) is 7.46. The van der Waals surface area contributed by atoms with Crippen molar-refractivity contribution in [2.45, 2.75) is 38.5 Å². The molecule has 0 saturated heterocycles. The molecule has 57 heavy (non-hydrogen) atoms. The molecule has 0 radical (unpaired) electrons. The number of aromatic nitrogens is 8. The molecule has 0 unspecified atom stereocenters. The number of ether oxygens (including phenoxy) is 1. The van der Waals surface area contributed by atoms with Gasteiger partial charge < -0.3 is 15.8 Å². The first-order chi connectivity index (χ1) is 27.6. The van der Waals surface area contributed by atoms with Crippen molar-refractivity contribution in [1.82, 2.24) is 40.0 Å². The Balaban J connectivity index is 1.09. The van der Waals surface area contributed by atoms with Crippen molar-refractivity contribution in [3.8, 4) is 50.5 Å². The zero-order chi connectivity index (χ0) is 39.4. The van der Waals surface area contributed by atoms with Crippen LogP contribution in [0.5, 0.6) is 5.75 Å². The highest BCUT2D eigenvalue weighted by atomic mass is 35.5. The lowest BCUT2D eigenvalue weighted by Crippen LogP contribution is -2.24. The molecule has 4 heterocycles. The summed E-state index contributed by atoms with van der Waals surface area (Å²) >= 11 is 12.6. The number of nitrogens with one attached hydrogen (secondary N) is 3. The third-order valence-corrected chi connectivity index (χ3v) is 11.4. The SMILES string of the molecule is Cn1ncc(-c2ccc3c(=O)[nH]nc(CN)c3c2)c1-c1cc(NCc2n[nH]c(=O)c3ccc(-c4cnn(C)c4-c4ccc(Cl)c(Cl)c4)cc23)cc(OC2CCC2)c1. The summed E-state index contributed by atoms with van der Waals surface area (Å²) < 4.78 is 10.1. The van der Waals surface area contributed by atoms with Crippen LogP contribution in [0.4, 0.5) is 5.69 Å². The van der Waals surface area contributed by atoms with Crippen molar-refractivity contribution in [3.63, 3.8) is 0 Å². The Bertz CT molecular complexity index is 2980. The van der Waals surface area contributed by atoms with Gasteiger partial charge >= 0.3 is 0 Å². The maximum Gasteiger partial charge on any atom is 0.272 e. The second-order valence-electron chi connectivity index (χ2n) is 14.2. The lowest BCUT2D eigenvalue weighted by molar-refractivity contribution is 0.120. The van der Waals surface area contributed by atoms with Gasteiger partial charge in [-0.15, -0.1) is 0 Å². The Morgan fingerprint density at radius 2 is 1.32 bits per heavy atom. The molecule has 0 aliphatic heterocycles. The van der Waals surface area contributed by atoms with Crippen molar-refractivity contribution in [2.75, 3.05) is 5.32 Å². The molecular formula is C42H36Cl2N10O3. The van der Waals surface area contributed by atoms with Gasteiger partial charge in [0.25, 0.3) is 11.1 Å². The summed E-state index contributed by atoms with van der Waals surface area (Å²) in [6, 6.07) is 22.9. The second-order valence-corrected chi connectivity index (χ2v) is 15.0. The highest BCUT2D eigenvalue weighted by molar-refractivity contribution is 6.42. The summed E-state index contributed by atoms with van der Waals surface area (Å²) in [5.74, 6) is 0.722. The van der Waals surface area contributed by atoms with Crippen molar-refractivity contribution >= 4 is 50.4 Å². The summed E-state index contributed by atoms with van der Waals surface area (Å²) in [4.78, 5) is 25.6. The van der Waals surface area contributed by atoms with Crippen LogP contribution < -0.4 is 26.9 Å². The van der Waals surface area contributed by atoms with E-state index in [0.717, 1.165) is 75.5 Å². The van der Waals surface area contributed by atoms with Crippen molar-refractivity contribution in [1.29, 1.82) is 0 Å². The maximum atomic E-state index is 13.0. The van der Waals surface area contributed by atoms with Gasteiger partial charge in [-0.05, 0) is 78.9 Å². The standard InChI is InChI=1S/C42H36Cl2N10O3/c1-53-39(24-8-11-35(43)36(44)16-24)33(19-47-53)23-7-10-30-32(15-23)38(50-52-42(30)56)21-46-26-12-25(13-28(17-26)57-27-4-3-5-27)40-34(20-48-54(40)2)22-6-9-29-31(14-22)37(18-45)49-51-41(29)55/h6-17,19-20,27,46H,3-5,18,21,45H2,1-2H3,(H,51,55)(H,52,56). The van der Waals surface area contributed by atoms with Gasteiger partial charge in [0.1, 0.15) is 5.75 Å². The molecule has 286 valence electrons. The van der Waals surface area contributed by atoms with Gasteiger partial charge in [-0.3, -0.25) is 19.0 Å². The van der Waals surface area contributed by atoms with Crippen LogP contribution in [0.1, 0.15) is 30.7 Å². The molecule has 1 fully saturated rings. The van der Waals surface area contributed by atoms with Gasteiger partial charge in [-0.1, -0.05) is 41.4 Å². The molecule has 0 atom stereocenters. The van der Waals surface area contributed by atoms with E-state index in [9.17, 15) is 9.59 Å². The largest absolute Gasteiger partial charge is 0.490 e. The number of hydrogen-bond donors (Lipinski definition) is 4. The molecule has 5 N–H and O–H groups in total. The fourth-order valence-corrected chi connectivity index (χ4v) is 7.76. The minimum atomic E-state index is -0.286. The number of aryl methyl sites for hydroxylation is 2. The van der Waals surface area contributed by atoms with Crippen molar-refractivity contribution in [2.24, 2.45) is 19.8 Å². The number of aromatic amines is 2. The molecule has 1 aliphatic carbocycles. The van der Waals surface area contributed by atoms with E-state index in [1.165, 1.54) is 0 Å². The molecule has 4 aromatic heterocycles. The number of fused-ring (bicyclic) bond motifs is 2. The van der Waals surface area contributed by atoms with E-state index in [2.05, 4.69) is 35.9 Å². The lowest BCUT2D eigenvalue weighted by atomic mass is 9.96. The van der Waals surface area contributed by atoms with Gasteiger partial charge in [-0.25, -0.2) is 10.2 Å². The first kappa shape index (κ1) is 36.4. The zero-order valence-electron chi connectivity index (χ0n) is 30.9. The number of hydrogen-bond acceptors (Lipinski definition) is 9. The number of nitrogens with two attached hydrogens (primary N) is 1. The van der Waals surface area contributed by atoms with Gasteiger partial charge in [0.15, 0.2) is 0 Å². The van der Waals surface area contributed by atoms with Gasteiger partial charge in [-0.2, -0.15) is 20.4 Å². The first-order valence-electron chi connectivity index (χ1n) is 18.4. The summed E-state index contributed by atoms with van der Waals surface area (Å²) in [7, 11) is 3.77. The Hall–Kier alpha value is -6.28. The molecule has 0 bridgehead atoms. The molecule has 0 amide bonds. The Labute approximate surface area is 335 Å². The first-order valence-corrected chi connectivity index (χ1v) is 19.2. The van der Waals surface area contributed by atoms with Crippen LogP contribution in [0.2, 0.25) is 10.0 Å². The average molecular weight is 800 g/mol. The van der Waals surface area contributed by atoms with Crippen LogP contribution in [0.15, 0.2) is 94.8 Å². The quantitative estimate of drug-likeness (QED) is 0.109. The number of rotatable bonds is 10. The highest BCUT2D eigenvalue weighted by Crippen LogP contribution is 2.39. The van der Waals surface area contributed by atoms with Crippen LogP contribution in [0, 0.1) is 0 Å². The van der Waals surface area contributed by atoms with E-state index >= 15 is 0 Å².